The highest BCUT2D eigenvalue weighted by Crippen LogP contribution is 2.21. The monoisotopic (exact) mass is 368 g/mol. The Morgan fingerprint density at radius 1 is 1.40 bits per heavy atom. The number of anilines is 1. The van der Waals surface area contributed by atoms with Gasteiger partial charge >= 0.3 is 0 Å². The number of nitro benzene ring substituents is 1. The maximum Gasteiger partial charge on any atom is 0.270 e. The van der Waals surface area contributed by atoms with Crippen molar-refractivity contribution >= 4 is 21.4 Å². The lowest BCUT2D eigenvalue weighted by molar-refractivity contribution is -0.384. The first-order valence-electron chi connectivity index (χ1n) is 7.78. The zero-order valence-corrected chi connectivity index (χ0v) is 14.8. The summed E-state index contributed by atoms with van der Waals surface area (Å²) in [6.07, 6.45) is -0.322. The van der Waals surface area contributed by atoms with E-state index in [0.29, 0.717) is 18.8 Å². The Morgan fingerprint density at radius 2 is 2.04 bits per heavy atom. The third kappa shape index (κ3) is 4.88. The number of rotatable bonds is 6. The normalized spacial score (nSPS) is 21.5. The number of morpholine rings is 1. The average molecular weight is 368 g/mol. The highest BCUT2D eigenvalue weighted by molar-refractivity contribution is 7.89. The number of nitrogens with zero attached hydrogens (tertiary/aromatic N) is 3. The van der Waals surface area contributed by atoms with E-state index >= 15 is 0 Å². The molecular formula is C15H20N4O5S. The number of ether oxygens (including phenoxy) is 1. The second kappa shape index (κ2) is 7.77. The smallest absolute Gasteiger partial charge is 0.270 e. The predicted octanol–water partition coefficient (Wildman–Crippen LogP) is 1.32. The van der Waals surface area contributed by atoms with E-state index in [9.17, 15) is 18.5 Å². The molecule has 10 heteroatoms. The van der Waals surface area contributed by atoms with E-state index in [4.69, 9.17) is 10.00 Å². The Bertz CT molecular complexity index is 780. The molecule has 2 atom stereocenters. The molecule has 0 amide bonds. The van der Waals surface area contributed by atoms with Gasteiger partial charge in [-0.3, -0.25) is 10.1 Å². The number of nitrogens with one attached hydrogen (secondary N) is 1. The number of hydrogen-bond donors (Lipinski definition) is 1. The van der Waals surface area contributed by atoms with Crippen molar-refractivity contribution in [3.63, 3.8) is 0 Å². The van der Waals surface area contributed by atoms with Crippen LogP contribution in [0.3, 0.4) is 0 Å². The molecule has 1 aliphatic heterocycles. The maximum atomic E-state index is 12.4. The first-order chi connectivity index (χ1) is 11.7. The Kier molecular flexibility index (Phi) is 5.94. The highest BCUT2D eigenvalue weighted by Gasteiger charge is 2.30. The van der Waals surface area contributed by atoms with Crippen molar-refractivity contribution in [1.82, 2.24) is 4.31 Å². The minimum atomic E-state index is -3.46. The molecule has 0 aromatic heterocycles. The van der Waals surface area contributed by atoms with Crippen LogP contribution in [0.4, 0.5) is 11.4 Å². The second-order valence-electron chi connectivity index (χ2n) is 5.92. The van der Waals surface area contributed by atoms with Gasteiger partial charge in [-0.25, -0.2) is 8.42 Å². The molecule has 1 aliphatic rings. The molecular weight excluding hydrogens is 348 g/mol. The van der Waals surface area contributed by atoms with E-state index in [1.54, 1.807) is 0 Å². The van der Waals surface area contributed by atoms with Gasteiger partial charge in [0.1, 0.15) is 6.07 Å². The topological polar surface area (TPSA) is 126 Å². The fraction of sp³-hybridized carbons (Fsp3) is 0.533. The molecule has 2 rings (SSSR count). The van der Waals surface area contributed by atoms with Gasteiger partial charge in [0.15, 0.2) is 0 Å². The molecule has 136 valence electrons. The lowest BCUT2D eigenvalue weighted by atomic mass is 10.1. The standard InChI is InChI=1S/C15H20N4O5S/c1-11-9-18(10-12(2)24-11)25(22,23)6-5-17-15-4-3-14(19(20)21)7-13(15)8-16/h3-4,7,11-12,17H,5-6,9-10H2,1-2H3. The number of hydrogen-bond acceptors (Lipinski definition) is 7. The summed E-state index contributed by atoms with van der Waals surface area (Å²) in [5.74, 6) is -0.145. The van der Waals surface area contributed by atoms with E-state index in [-0.39, 0.29) is 35.8 Å². The number of sulfonamides is 1. The van der Waals surface area contributed by atoms with Crippen LogP contribution in [-0.2, 0) is 14.8 Å². The maximum absolute atomic E-state index is 12.4. The summed E-state index contributed by atoms with van der Waals surface area (Å²) in [5.41, 5.74) is 0.276. The predicted molar refractivity (Wildman–Crippen MR) is 91.7 cm³/mol. The van der Waals surface area contributed by atoms with Gasteiger partial charge in [0.25, 0.3) is 5.69 Å². The van der Waals surface area contributed by atoms with Crippen LogP contribution in [0.25, 0.3) is 0 Å². The minimum Gasteiger partial charge on any atom is -0.383 e. The van der Waals surface area contributed by atoms with E-state index < -0.39 is 14.9 Å². The summed E-state index contributed by atoms with van der Waals surface area (Å²) in [4.78, 5) is 10.1. The first kappa shape index (κ1) is 19.1. The number of benzene rings is 1. The van der Waals surface area contributed by atoms with Crippen LogP contribution in [0.5, 0.6) is 0 Å². The van der Waals surface area contributed by atoms with Gasteiger partial charge in [-0.15, -0.1) is 0 Å². The molecule has 1 saturated heterocycles. The van der Waals surface area contributed by atoms with Crippen LogP contribution in [0.15, 0.2) is 18.2 Å². The summed E-state index contributed by atoms with van der Waals surface area (Å²) < 4.78 is 31.8. The molecule has 25 heavy (non-hydrogen) atoms. The van der Waals surface area contributed by atoms with Crippen molar-refractivity contribution in [3.05, 3.63) is 33.9 Å². The van der Waals surface area contributed by atoms with Crippen molar-refractivity contribution in [2.75, 3.05) is 30.7 Å². The van der Waals surface area contributed by atoms with Gasteiger partial charge < -0.3 is 10.1 Å². The number of non-ortho nitro benzene ring substituents is 1. The van der Waals surface area contributed by atoms with Crippen LogP contribution in [-0.4, -0.2) is 55.2 Å². The number of nitro groups is 1. The third-order valence-corrected chi connectivity index (χ3v) is 5.59. The second-order valence-corrected chi connectivity index (χ2v) is 8.00. The van der Waals surface area contributed by atoms with Crippen LogP contribution in [0.2, 0.25) is 0 Å². The summed E-state index contributed by atoms with van der Waals surface area (Å²) in [6.45, 7) is 4.37. The summed E-state index contributed by atoms with van der Waals surface area (Å²) in [7, 11) is -3.46. The summed E-state index contributed by atoms with van der Waals surface area (Å²) >= 11 is 0. The fourth-order valence-corrected chi connectivity index (χ4v) is 4.19. The lowest BCUT2D eigenvalue weighted by Crippen LogP contribution is -2.49. The molecule has 0 radical (unpaired) electrons. The molecule has 1 heterocycles. The zero-order chi connectivity index (χ0) is 18.6. The molecule has 1 aromatic carbocycles. The van der Waals surface area contributed by atoms with E-state index in [1.807, 2.05) is 19.9 Å². The lowest BCUT2D eigenvalue weighted by Gasteiger charge is -2.34. The van der Waals surface area contributed by atoms with Crippen LogP contribution in [0, 0.1) is 21.4 Å². The van der Waals surface area contributed by atoms with Gasteiger partial charge in [0.2, 0.25) is 10.0 Å². The van der Waals surface area contributed by atoms with E-state index in [0.717, 1.165) is 6.07 Å². The van der Waals surface area contributed by atoms with Crippen molar-refractivity contribution < 1.29 is 18.1 Å². The molecule has 2 unspecified atom stereocenters. The molecule has 1 fully saturated rings. The Labute approximate surface area is 146 Å². The Hall–Kier alpha value is -2.22. The summed E-state index contributed by atoms with van der Waals surface area (Å²) in [6, 6.07) is 5.70. The fourth-order valence-electron chi connectivity index (χ4n) is 2.69. The molecule has 0 saturated carbocycles. The van der Waals surface area contributed by atoms with Gasteiger partial charge in [-0.05, 0) is 19.9 Å². The highest BCUT2D eigenvalue weighted by atomic mass is 32.2. The SMILES string of the molecule is CC1CN(S(=O)(=O)CCNc2ccc([N+](=O)[O-])cc2C#N)CC(C)O1. The van der Waals surface area contributed by atoms with E-state index in [1.165, 1.54) is 16.4 Å². The zero-order valence-electron chi connectivity index (χ0n) is 14.0. The van der Waals surface area contributed by atoms with E-state index in [2.05, 4.69) is 5.32 Å². The average Bonchev–Trinajstić information content (AvgIpc) is 2.53. The molecule has 0 bridgehead atoms. The molecule has 0 spiro atoms. The summed E-state index contributed by atoms with van der Waals surface area (Å²) in [5, 5.41) is 22.7. The van der Waals surface area contributed by atoms with Gasteiger partial charge in [0.05, 0.1) is 34.1 Å². The molecule has 1 N–H and O–H groups in total. The van der Waals surface area contributed by atoms with Crippen molar-refractivity contribution in [1.29, 1.82) is 5.26 Å². The minimum absolute atomic E-state index is 0.0922. The van der Waals surface area contributed by atoms with Gasteiger partial charge in [0, 0.05) is 31.8 Å². The van der Waals surface area contributed by atoms with Crippen molar-refractivity contribution in [2.24, 2.45) is 0 Å². The quantitative estimate of drug-likeness (QED) is 0.593. The van der Waals surface area contributed by atoms with Crippen LogP contribution < -0.4 is 5.32 Å². The molecule has 1 aromatic rings. The largest absolute Gasteiger partial charge is 0.383 e. The van der Waals surface area contributed by atoms with Crippen molar-refractivity contribution in [2.45, 2.75) is 26.1 Å². The van der Waals surface area contributed by atoms with Crippen molar-refractivity contribution in [3.8, 4) is 6.07 Å². The van der Waals surface area contributed by atoms with Crippen LogP contribution in [0.1, 0.15) is 19.4 Å². The van der Waals surface area contributed by atoms with Gasteiger partial charge in [-0.1, -0.05) is 0 Å². The first-order valence-corrected chi connectivity index (χ1v) is 9.39. The number of nitriles is 1. The Morgan fingerprint density at radius 3 is 2.60 bits per heavy atom. The Balaban J connectivity index is 2.00. The third-order valence-electron chi connectivity index (χ3n) is 3.79. The van der Waals surface area contributed by atoms with Crippen LogP contribution >= 0.6 is 0 Å². The molecule has 0 aliphatic carbocycles. The molecule has 9 nitrogen and oxygen atoms in total. The van der Waals surface area contributed by atoms with Gasteiger partial charge in [-0.2, -0.15) is 9.57 Å².